The summed E-state index contributed by atoms with van der Waals surface area (Å²) in [7, 11) is 0. The zero-order valence-electron chi connectivity index (χ0n) is 10.8. The predicted octanol–water partition coefficient (Wildman–Crippen LogP) is 3.24. The molecule has 1 saturated heterocycles. The number of amides is 1. The summed E-state index contributed by atoms with van der Waals surface area (Å²) in [6.07, 6.45) is 2.82. The van der Waals surface area contributed by atoms with E-state index in [1.54, 1.807) is 0 Å². The molecule has 1 fully saturated rings. The number of rotatable bonds is 5. The van der Waals surface area contributed by atoms with Gasteiger partial charge in [0, 0.05) is 18.8 Å². The van der Waals surface area contributed by atoms with Crippen LogP contribution in [0.5, 0.6) is 5.75 Å². The molecule has 106 valence electrons. The van der Waals surface area contributed by atoms with Gasteiger partial charge in [-0.15, -0.1) is 24.0 Å². The lowest BCUT2D eigenvalue weighted by atomic mass is 10.1. The van der Waals surface area contributed by atoms with Crippen molar-refractivity contribution in [2.24, 2.45) is 0 Å². The highest BCUT2D eigenvalue weighted by molar-refractivity contribution is 6.17. The van der Waals surface area contributed by atoms with Crippen LogP contribution >= 0.6 is 24.0 Å². The molecule has 0 unspecified atom stereocenters. The quantitative estimate of drug-likeness (QED) is 0.782. The maximum atomic E-state index is 11.6. The largest absolute Gasteiger partial charge is 0.492 e. The monoisotopic (exact) mass is 303 g/mol. The molecule has 0 aromatic heterocycles. The Hall–Kier alpha value is -0.930. The second kappa shape index (κ2) is 8.28. The van der Waals surface area contributed by atoms with Crippen molar-refractivity contribution >= 4 is 29.9 Å². The predicted molar refractivity (Wildman–Crippen MR) is 79.2 cm³/mol. The van der Waals surface area contributed by atoms with E-state index in [0.717, 1.165) is 30.7 Å². The van der Waals surface area contributed by atoms with Crippen LogP contribution in [0.2, 0.25) is 0 Å². The average Bonchev–Trinajstić information content (AvgIpc) is 2.42. The van der Waals surface area contributed by atoms with E-state index in [0.29, 0.717) is 25.5 Å². The number of halogens is 2. The van der Waals surface area contributed by atoms with Gasteiger partial charge in [-0.25, -0.2) is 0 Å². The van der Waals surface area contributed by atoms with Crippen LogP contribution in [0.25, 0.3) is 0 Å². The Bertz CT molecular complexity index is 395. The van der Waals surface area contributed by atoms with Crippen LogP contribution in [0.3, 0.4) is 0 Å². The molecular formula is C14H19Cl2NO2. The van der Waals surface area contributed by atoms with E-state index < -0.39 is 0 Å². The second-order valence-electron chi connectivity index (χ2n) is 4.46. The van der Waals surface area contributed by atoms with E-state index >= 15 is 0 Å². The number of nitrogens with zero attached hydrogens (tertiary/aromatic N) is 1. The molecule has 1 aliphatic rings. The maximum absolute atomic E-state index is 11.6. The number of likely N-dealkylation sites (tertiary alicyclic amines) is 1. The van der Waals surface area contributed by atoms with E-state index in [2.05, 4.69) is 0 Å². The molecule has 0 atom stereocenters. The van der Waals surface area contributed by atoms with Crippen LogP contribution in [0.4, 0.5) is 0 Å². The Labute approximate surface area is 125 Å². The molecule has 19 heavy (non-hydrogen) atoms. The lowest BCUT2D eigenvalue weighted by Gasteiger charge is -2.26. The number of alkyl halides is 1. The summed E-state index contributed by atoms with van der Waals surface area (Å²) in [4.78, 5) is 13.5. The van der Waals surface area contributed by atoms with Crippen molar-refractivity contribution in [2.75, 3.05) is 19.7 Å². The molecule has 5 heteroatoms. The van der Waals surface area contributed by atoms with Gasteiger partial charge in [-0.2, -0.15) is 0 Å². The second-order valence-corrected chi connectivity index (χ2v) is 4.73. The molecular weight excluding hydrogens is 285 g/mol. The maximum Gasteiger partial charge on any atom is 0.222 e. The van der Waals surface area contributed by atoms with Gasteiger partial charge >= 0.3 is 0 Å². The van der Waals surface area contributed by atoms with Gasteiger partial charge in [-0.1, -0.05) is 12.1 Å². The standard InChI is InChI=1S/C14H18ClNO2.ClH/c15-11-12-4-6-13(7-5-12)18-10-9-16-8-2-1-3-14(16)17;/h4-7H,1-3,8-11H2;1H. The Morgan fingerprint density at radius 1 is 1.21 bits per heavy atom. The Morgan fingerprint density at radius 3 is 2.58 bits per heavy atom. The third-order valence-electron chi connectivity index (χ3n) is 3.13. The van der Waals surface area contributed by atoms with Gasteiger partial charge < -0.3 is 9.64 Å². The van der Waals surface area contributed by atoms with Crippen molar-refractivity contribution in [3.05, 3.63) is 29.8 Å². The number of carbonyl (C=O) groups is 1. The molecule has 0 spiro atoms. The average molecular weight is 304 g/mol. The van der Waals surface area contributed by atoms with Gasteiger partial charge in [-0.3, -0.25) is 4.79 Å². The van der Waals surface area contributed by atoms with E-state index in [1.165, 1.54) is 0 Å². The number of ether oxygens (including phenoxy) is 1. The Morgan fingerprint density at radius 2 is 1.95 bits per heavy atom. The molecule has 0 bridgehead atoms. The minimum atomic E-state index is 0. The van der Waals surface area contributed by atoms with Crippen molar-refractivity contribution in [1.29, 1.82) is 0 Å². The molecule has 0 N–H and O–H groups in total. The minimum absolute atomic E-state index is 0. The van der Waals surface area contributed by atoms with Crippen molar-refractivity contribution in [1.82, 2.24) is 4.90 Å². The van der Waals surface area contributed by atoms with Gasteiger partial charge in [0.05, 0.1) is 6.54 Å². The summed E-state index contributed by atoms with van der Waals surface area (Å²) in [5, 5.41) is 0. The highest BCUT2D eigenvalue weighted by atomic mass is 35.5. The minimum Gasteiger partial charge on any atom is -0.492 e. The zero-order chi connectivity index (χ0) is 12.8. The number of hydrogen-bond donors (Lipinski definition) is 0. The first kappa shape index (κ1) is 16.1. The zero-order valence-corrected chi connectivity index (χ0v) is 12.4. The van der Waals surface area contributed by atoms with E-state index in [-0.39, 0.29) is 18.3 Å². The van der Waals surface area contributed by atoms with Gasteiger partial charge in [0.1, 0.15) is 12.4 Å². The van der Waals surface area contributed by atoms with Crippen molar-refractivity contribution in [3.8, 4) is 5.75 Å². The molecule has 0 saturated carbocycles. The highest BCUT2D eigenvalue weighted by Gasteiger charge is 2.17. The summed E-state index contributed by atoms with van der Waals surface area (Å²) in [6.45, 7) is 2.09. The molecule has 1 aliphatic heterocycles. The van der Waals surface area contributed by atoms with Gasteiger partial charge in [-0.05, 0) is 30.5 Å². The summed E-state index contributed by atoms with van der Waals surface area (Å²) < 4.78 is 5.62. The van der Waals surface area contributed by atoms with Gasteiger partial charge in [0.2, 0.25) is 5.91 Å². The number of hydrogen-bond acceptors (Lipinski definition) is 2. The first-order valence-corrected chi connectivity index (χ1v) is 6.88. The Kier molecular flexibility index (Phi) is 7.03. The normalized spacial score (nSPS) is 15.0. The number of piperidine rings is 1. The highest BCUT2D eigenvalue weighted by Crippen LogP contribution is 2.14. The molecule has 1 heterocycles. The molecule has 1 aromatic rings. The van der Waals surface area contributed by atoms with Crippen LogP contribution in [-0.2, 0) is 10.7 Å². The topological polar surface area (TPSA) is 29.5 Å². The fourth-order valence-electron chi connectivity index (χ4n) is 2.05. The van der Waals surface area contributed by atoms with E-state index in [9.17, 15) is 4.79 Å². The fraction of sp³-hybridized carbons (Fsp3) is 0.500. The van der Waals surface area contributed by atoms with E-state index in [4.69, 9.17) is 16.3 Å². The van der Waals surface area contributed by atoms with Crippen LogP contribution in [-0.4, -0.2) is 30.5 Å². The number of carbonyl (C=O) groups excluding carboxylic acids is 1. The molecule has 2 rings (SSSR count). The SMILES string of the molecule is Cl.O=C1CCCCN1CCOc1ccc(CCl)cc1. The van der Waals surface area contributed by atoms with Crippen LogP contribution in [0.15, 0.2) is 24.3 Å². The molecule has 3 nitrogen and oxygen atoms in total. The summed E-state index contributed by atoms with van der Waals surface area (Å²) >= 11 is 5.72. The van der Waals surface area contributed by atoms with Crippen molar-refractivity contribution in [3.63, 3.8) is 0 Å². The third-order valence-corrected chi connectivity index (χ3v) is 3.44. The fourth-order valence-corrected chi connectivity index (χ4v) is 2.22. The van der Waals surface area contributed by atoms with Gasteiger partial charge in [0.15, 0.2) is 0 Å². The van der Waals surface area contributed by atoms with Gasteiger partial charge in [0.25, 0.3) is 0 Å². The number of benzene rings is 1. The van der Waals surface area contributed by atoms with Crippen molar-refractivity contribution in [2.45, 2.75) is 25.1 Å². The summed E-state index contributed by atoms with van der Waals surface area (Å²) in [6, 6.07) is 7.73. The molecule has 0 aliphatic carbocycles. The first-order chi connectivity index (χ1) is 8.79. The van der Waals surface area contributed by atoms with E-state index in [1.807, 2.05) is 29.2 Å². The summed E-state index contributed by atoms with van der Waals surface area (Å²) in [5.74, 6) is 1.60. The van der Waals surface area contributed by atoms with Crippen molar-refractivity contribution < 1.29 is 9.53 Å². The molecule has 1 aromatic carbocycles. The third kappa shape index (κ3) is 4.92. The molecule has 1 amide bonds. The summed E-state index contributed by atoms with van der Waals surface area (Å²) in [5.41, 5.74) is 1.08. The van der Waals surface area contributed by atoms with Crippen LogP contribution in [0.1, 0.15) is 24.8 Å². The first-order valence-electron chi connectivity index (χ1n) is 6.35. The van der Waals surface area contributed by atoms with Crippen LogP contribution < -0.4 is 4.74 Å². The lowest BCUT2D eigenvalue weighted by Crippen LogP contribution is -2.38. The van der Waals surface area contributed by atoms with Crippen LogP contribution in [0, 0.1) is 0 Å². The molecule has 0 radical (unpaired) electrons. The Balaban J connectivity index is 0.00000180. The lowest BCUT2D eigenvalue weighted by molar-refractivity contribution is -0.133. The smallest absolute Gasteiger partial charge is 0.222 e.